The maximum Gasteiger partial charge on any atom is 0.371 e. The quantitative estimate of drug-likeness (QED) is 0.844. The van der Waals surface area contributed by atoms with Crippen LogP contribution >= 0.6 is 0 Å². The molecule has 1 aromatic rings. The molecule has 1 aromatic heterocycles. The number of rotatable bonds is 5. The molecule has 2 rings (SSSR count). The molecule has 1 fully saturated rings. The van der Waals surface area contributed by atoms with Crippen LogP contribution in [0.25, 0.3) is 0 Å². The van der Waals surface area contributed by atoms with Crippen molar-refractivity contribution in [3.05, 3.63) is 23.7 Å². The third-order valence-corrected chi connectivity index (χ3v) is 3.83. The summed E-state index contributed by atoms with van der Waals surface area (Å²) in [6.45, 7) is 2.81. The van der Waals surface area contributed by atoms with E-state index in [0.717, 1.165) is 5.92 Å². The highest BCUT2D eigenvalue weighted by molar-refractivity contribution is 5.84. The SMILES string of the molecule is C[C@H](NCc1ccc(C(=O)O)o1)C1CCCCC1. The Hall–Kier alpha value is -1.29. The minimum absolute atomic E-state index is 0.0112. The van der Waals surface area contributed by atoms with Gasteiger partial charge in [0.15, 0.2) is 0 Å². The fourth-order valence-electron chi connectivity index (χ4n) is 2.65. The molecule has 1 aliphatic carbocycles. The molecule has 0 aromatic carbocycles. The summed E-state index contributed by atoms with van der Waals surface area (Å²) in [5.74, 6) is 0.432. The molecule has 1 saturated carbocycles. The molecule has 2 N–H and O–H groups in total. The van der Waals surface area contributed by atoms with Gasteiger partial charge in [-0.05, 0) is 37.8 Å². The van der Waals surface area contributed by atoms with E-state index in [4.69, 9.17) is 9.52 Å². The Morgan fingerprint density at radius 1 is 1.44 bits per heavy atom. The van der Waals surface area contributed by atoms with Crippen molar-refractivity contribution in [2.24, 2.45) is 5.92 Å². The Kier molecular flexibility index (Phi) is 4.42. The number of furan rings is 1. The third kappa shape index (κ3) is 3.35. The van der Waals surface area contributed by atoms with Crippen LogP contribution in [0.4, 0.5) is 0 Å². The smallest absolute Gasteiger partial charge is 0.371 e. The highest BCUT2D eigenvalue weighted by Crippen LogP contribution is 2.26. The number of carboxylic acid groups (broad SMARTS) is 1. The van der Waals surface area contributed by atoms with Crippen LogP contribution < -0.4 is 5.32 Å². The second-order valence-corrected chi connectivity index (χ2v) is 5.14. The van der Waals surface area contributed by atoms with E-state index in [0.29, 0.717) is 18.3 Å². The lowest BCUT2D eigenvalue weighted by Gasteiger charge is -2.28. The maximum atomic E-state index is 10.7. The van der Waals surface area contributed by atoms with E-state index in [9.17, 15) is 4.79 Å². The van der Waals surface area contributed by atoms with Gasteiger partial charge in [-0.3, -0.25) is 0 Å². The predicted molar refractivity (Wildman–Crippen MR) is 68.5 cm³/mol. The van der Waals surface area contributed by atoms with Crippen molar-refractivity contribution in [1.82, 2.24) is 5.32 Å². The Morgan fingerprint density at radius 3 is 2.78 bits per heavy atom. The molecule has 0 radical (unpaired) electrons. The molecule has 1 aliphatic rings. The zero-order chi connectivity index (χ0) is 13.0. The molecule has 100 valence electrons. The average Bonchev–Trinajstić information content (AvgIpc) is 2.86. The van der Waals surface area contributed by atoms with Crippen LogP contribution in [0.2, 0.25) is 0 Å². The largest absolute Gasteiger partial charge is 0.475 e. The van der Waals surface area contributed by atoms with E-state index in [1.165, 1.54) is 38.2 Å². The molecule has 0 bridgehead atoms. The summed E-state index contributed by atoms with van der Waals surface area (Å²) in [7, 11) is 0. The Balaban J connectivity index is 1.80. The normalized spacial score (nSPS) is 18.7. The van der Waals surface area contributed by atoms with E-state index in [1.54, 1.807) is 6.07 Å². The molecule has 0 saturated heterocycles. The summed E-state index contributed by atoms with van der Waals surface area (Å²) >= 11 is 0. The molecule has 4 heteroatoms. The van der Waals surface area contributed by atoms with Crippen LogP contribution in [-0.4, -0.2) is 17.1 Å². The van der Waals surface area contributed by atoms with Crippen molar-refractivity contribution in [2.75, 3.05) is 0 Å². The highest BCUT2D eigenvalue weighted by Gasteiger charge is 2.19. The minimum atomic E-state index is -1.01. The molecule has 4 nitrogen and oxygen atoms in total. The first-order chi connectivity index (χ1) is 8.66. The topological polar surface area (TPSA) is 62.5 Å². The van der Waals surface area contributed by atoms with Crippen molar-refractivity contribution in [2.45, 2.75) is 51.6 Å². The zero-order valence-corrected chi connectivity index (χ0v) is 10.8. The first-order valence-corrected chi connectivity index (χ1v) is 6.72. The van der Waals surface area contributed by atoms with E-state index in [-0.39, 0.29) is 5.76 Å². The zero-order valence-electron chi connectivity index (χ0n) is 10.8. The molecule has 1 heterocycles. The van der Waals surface area contributed by atoms with Crippen LogP contribution in [0.5, 0.6) is 0 Å². The highest BCUT2D eigenvalue weighted by atomic mass is 16.4. The second-order valence-electron chi connectivity index (χ2n) is 5.14. The summed E-state index contributed by atoms with van der Waals surface area (Å²) < 4.78 is 5.22. The Morgan fingerprint density at radius 2 is 2.17 bits per heavy atom. The van der Waals surface area contributed by atoms with Crippen molar-refractivity contribution >= 4 is 5.97 Å². The van der Waals surface area contributed by atoms with Gasteiger partial charge in [-0.25, -0.2) is 4.79 Å². The lowest BCUT2D eigenvalue weighted by atomic mass is 9.84. The third-order valence-electron chi connectivity index (χ3n) is 3.83. The molecule has 1 atom stereocenters. The van der Waals surface area contributed by atoms with Gasteiger partial charge in [-0.1, -0.05) is 19.3 Å². The summed E-state index contributed by atoms with van der Waals surface area (Å²) in [5, 5.41) is 12.2. The van der Waals surface area contributed by atoms with Gasteiger partial charge in [0.1, 0.15) is 5.76 Å². The molecule has 0 amide bonds. The van der Waals surface area contributed by atoms with Gasteiger partial charge in [0.05, 0.1) is 6.54 Å². The van der Waals surface area contributed by atoms with E-state index >= 15 is 0 Å². The number of carbonyl (C=O) groups is 1. The Labute approximate surface area is 107 Å². The van der Waals surface area contributed by atoms with Crippen molar-refractivity contribution in [3.8, 4) is 0 Å². The van der Waals surface area contributed by atoms with Crippen molar-refractivity contribution in [1.29, 1.82) is 0 Å². The van der Waals surface area contributed by atoms with E-state index in [1.807, 2.05) is 0 Å². The average molecular weight is 251 g/mol. The van der Waals surface area contributed by atoms with Gasteiger partial charge in [0, 0.05) is 6.04 Å². The molecular formula is C14H21NO3. The fraction of sp³-hybridized carbons (Fsp3) is 0.643. The fourth-order valence-corrected chi connectivity index (χ4v) is 2.65. The first-order valence-electron chi connectivity index (χ1n) is 6.72. The van der Waals surface area contributed by atoms with E-state index in [2.05, 4.69) is 12.2 Å². The minimum Gasteiger partial charge on any atom is -0.475 e. The van der Waals surface area contributed by atoms with Crippen LogP contribution in [-0.2, 0) is 6.54 Å². The van der Waals surface area contributed by atoms with Gasteiger partial charge in [-0.15, -0.1) is 0 Å². The van der Waals surface area contributed by atoms with Crippen LogP contribution in [0.1, 0.15) is 55.3 Å². The molecule has 0 spiro atoms. The van der Waals surface area contributed by atoms with Crippen LogP contribution in [0, 0.1) is 5.92 Å². The summed E-state index contributed by atoms with van der Waals surface area (Å²) in [4.78, 5) is 10.7. The Bertz CT molecular complexity index is 393. The van der Waals surface area contributed by atoms with Crippen LogP contribution in [0.3, 0.4) is 0 Å². The number of aromatic carboxylic acids is 1. The number of hydrogen-bond acceptors (Lipinski definition) is 3. The maximum absolute atomic E-state index is 10.7. The second kappa shape index (κ2) is 6.05. The molecule has 0 unspecified atom stereocenters. The lowest BCUT2D eigenvalue weighted by molar-refractivity contribution is 0.0660. The van der Waals surface area contributed by atoms with Crippen molar-refractivity contribution in [3.63, 3.8) is 0 Å². The van der Waals surface area contributed by atoms with Gasteiger partial charge in [0.2, 0.25) is 5.76 Å². The van der Waals surface area contributed by atoms with Gasteiger partial charge >= 0.3 is 5.97 Å². The monoisotopic (exact) mass is 251 g/mol. The number of carboxylic acids is 1. The van der Waals surface area contributed by atoms with Gasteiger partial charge in [0.25, 0.3) is 0 Å². The summed E-state index contributed by atoms with van der Waals surface area (Å²) in [5.41, 5.74) is 0. The summed E-state index contributed by atoms with van der Waals surface area (Å²) in [6, 6.07) is 3.69. The number of nitrogens with one attached hydrogen (secondary N) is 1. The molecular weight excluding hydrogens is 230 g/mol. The molecule has 18 heavy (non-hydrogen) atoms. The predicted octanol–water partition coefficient (Wildman–Crippen LogP) is 3.04. The number of hydrogen-bond donors (Lipinski definition) is 2. The van der Waals surface area contributed by atoms with E-state index < -0.39 is 5.97 Å². The first kappa shape index (κ1) is 13.1. The standard InChI is InChI=1S/C14H21NO3/c1-10(11-5-3-2-4-6-11)15-9-12-7-8-13(18-12)14(16)17/h7-8,10-11,15H,2-6,9H2,1H3,(H,16,17)/t10-/m0/s1. The van der Waals surface area contributed by atoms with Crippen molar-refractivity contribution < 1.29 is 14.3 Å². The molecule has 0 aliphatic heterocycles. The van der Waals surface area contributed by atoms with Gasteiger partial charge in [-0.2, -0.15) is 0 Å². The lowest BCUT2D eigenvalue weighted by Crippen LogP contribution is -2.34. The van der Waals surface area contributed by atoms with Crippen LogP contribution in [0.15, 0.2) is 16.5 Å². The summed E-state index contributed by atoms with van der Waals surface area (Å²) in [6.07, 6.45) is 6.63. The van der Waals surface area contributed by atoms with Gasteiger partial charge < -0.3 is 14.8 Å².